The minimum atomic E-state index is -0.680. The van der Waals surface area contributed by atoms with E-state index in [1.54, 1.807) is 29.1 Å². The Labute approximate surface area is 150 Å². The Morgan fingerprint density at radius 1 is 1.26 bits per heavy atom. The van der Waals surface area contributed by atoms with Crippen LogP contribution in [0.4, 0.5) is 5.69 Å². The van der Waals surface area contributed by atoms with Gasteiger partial charge in [0.05, 0.1) is 10.0 Å². The molecular formula is C15H17Cl3N4O. The Bertz CT molecular complexity index is 669. The smallest absolute Gasteiger partial charge is 0.252 e. The molecule has 1 aliphatic rings. The van der Waals surface area contributed by atoms with Crippen LogP contribution >= 0.6 is 35.6 Å². The van der Waals surface area contributed by atoms with E-state index in [1.807, 2.05) is 12.3 Å². The quantitative estimate of drug-likeness (QED) is 0.865. The van der Waals surface area contributed by atoms with Crippen LogP contribution in [0.25, 0.3) is 0 Å². The van der Waals surface area contributed by atoms with Crippen molar-refractivity contribution in [1.82, 2.24) is 15.1 Å². The van der Waals surface area contributed by atoms with Crippen LogP contribution in [0.1, 0.15) is 12.8 Å². The molecule has 0 radical (unpaired) electrons. The zero-order chi connectivity index (χ0) is 15.6. The summed E-state index contributed by atoms with van der Waals surface area (Å²) < 4.78 is 1.75. The molecule has 2 N–H and O–H groups in total. The van der Waals surface area contributed by atoms with Gasteiger partial charge in [0.2, 0.25) is 0 Å². The van der Waals surface area contributed by atoms with Crippen LogP contribution < -0.4 is 10.6 Å². The molecule has 0 bridgehead atoms. The summed E-state index contributed by atoms with van der Waals surface area (Å²) >= 11 is 11.9. The van der Waals surface area contributed by atoms with Crippen molar-refractivity contribution in [2.75, 3.05) is 18.4 Å². The molecule has 1 fully saturated rings. The van der Waals surface area contributed by atoms with Gasteiger partial charge in [-0.25, -0.2) is 0 Å². The first kappa shape index (κ1) is 18.1. The third kappa shape index (κ3) is 3.63. The van der Waals surface area contributed by atoms with Crippen molar-refractivity contribution in [3.8, 4) is 0 Å². The predicted molar refractivity (Wildman–Crippen MR) is 94.6 cm³/mol. The lowest BCUT2D eigenvalue weighted by Gasteiger charge is -2.36. The molecule has 23 heavy (non-hydrogen) atoms. The zero-order valence-electron chi connectivity index (χ0n) is 12.3. The maximum absolute atomic E-state index is 12.9. The van der Waals surface area contributed by atoms with Crippen molar-refractivity contribution in [2.24, 2.45) is 0 Å². The highest BCUT2D eigenvalue weighted by Crippen LogP contribution is 2.30. The largest absolute Gasteiger partial charge is 0.324 e. The topological polar surface area (TPSA) is 59.0 Å². The lowest BCUT2D eigenvalue weighted by molar-refractivity contribution is -0.126. The molecule has 1 aromatic carbocycles. The number of nitrogens with zero attached hydrogens (tertiary/aromatic N) is 2. The maximum Gasteiger partial charge on any atom is 0.252 e. The number of hydrogen-bond donors (Lipinski definition) is 2. The lowest BCUT2D eigenvalue weighted by Crippen LogP contribution is -2.52. The first-order chi connectivity index (χ1) is 10.6. The number of amides is 1. The van der Waals surface area contributed by atoms with Gasteiger partial charge in [0, 0.05) is 18.1 Å². The number of piperidine rings is 1. The summed E-state index contributed by atoms with van der Waals surface area (Å²) in [6.07, 6.45) is 4.89. The highest BCUT2D eigenvalue weighted by atomic mass is 35.5. The molecule has 0 spiro atoms. The monoisotopic (exact) mass is 374 g/mol. The fraction of sp³-hybridized carbons (Fsp3) is 0.333. The number of anilines is 1. The Morgan fingerprint density at radius 3 is 2.61 bits per heavy atom. The summed E-state index contributed by atoms with van der Waals surface area (Å²) in [6, 6.07) is 6.89. The molecule has 5 nitrogen and oxygen atoms in total. The molecule has 2 heterocycles. The number of carbonyl (C=O) groups excluding carboxylic acids is 1. The second kappa shape index (κ2) is 7.53. The van der Waals surface area contributed by atoms with Crippen molar-refractivity contribution in [3.05, 3.63) is 46.7 Å². The second-order valence-corrected chi connectivity index (χ2v) is 6.13. The van der Waals surface area contributed by atoms with Crippen LogP contribution in [0.5, 0.6) is 0 Å². The van der Waals surface area contributed by atoms with Gasteiger partial charge < -0.3 is 10.6 Å². The van der Waals surface area contributed by atoms with Gasteiger partial charge in [-0.15, -0.1) is 12.4 Å². The van der Waals surface area contributed by atoms with Gasteiger partial charge in [-0.1, -0.05) is 23.2 Å². The molecule has 124 valence electrons. The van der Waals surface area contributed by atoms with Crippen LogP contribution in [-0.4, -0.2) is 28.8 Å². The van der Waals surface area contributed by atoms with Gasteiger partial charge >= 0.3 is 0 Å². The van der Waals surface area contributed by atoms with Crippen LogP contribution in [0.2, 0.25) is 10.0 Å². The Morgan fingerprint density at radius 2 is 2.00 bits per heavy atom. The standard InChI is InChI=1S/C15H16Cl2N4O.ClH/c16-12-3-2-11(10-13(12)17)20-14(22)15(4-7-18-8-5-15)21-9-1-6-19-21;/h1-3,6,9-10,18H,4-5,7-8H2,(H,20,22);1H. The fourth-order valence-electron chi connectivity index (χ4n) is 2.74. The van der Waals surface area contributed by atoms with Crippen LogP contribution in [-0.2, 0) is 10.3 Å². The summed E-state index contributed by atoms with van der Waals surface area (Å²) in [5, 5.41) is 11.4. The van der Waals surface area contributed by atoms with Crippen molar-refractivity contribution in [2.45, 2.75) is 18.4 Å². The van der Waals surface area contributed by atoms with Crippen molar-refractivity contribution >= 4 is 47.2 Å². The van der Waals surface area contributed by atoms with E-state index in [2.05, 4.69) is 15.7 Å². The third-order valence-electron chi connectivity index (χ3n) is 3.97. The van der Waals surface area contributed by atoms with E-state index in [1.165, 1.54) is 0 Å². The first-order valence-corrected chi connectivity index (χ1v) is 7.85. The van der Waals surface area contributed by atoms with E-state index in [4.69, 9.17) is 23.2 Å². The molecule has 1 amide bonds. The number of rotatable bonds is 3. The zero-order valence-corrected chi connectivity index (χ0v) is 14.6. The minimum absolute atomic E-state index is 0. The van der Waals surface area contributed by atoms with E-state index in [9.17, 15) is 4.79 Å². The number of carbonyl (C=O) groups is 1. The molecule has 0 saturated carbocycles. The van der Waals surface area contributed by atoms with E-state index < -0.39 is 5.54 Å². The summed E-state index contributed by atoms with van der Waals surface area (Å²) in [4.78, 5) is 12.9. The maximum atomic E-state index is 12.9. The van der Waals surface area contributed by atoms with Crippen LogP contribution in [0.3, 0.4) is 0 Å². The normalized spacial score (nSPS) is 16.4. The van der Waals surface area contributed by atoms with E-state index in [-0.39, 0.29) is 18.3 Å². The molecule has 1 saturated heterocycles. The number of halogens is 3. The van der Waals surface area contributed by atoms with Crippen molar-refractivity contribution in [1.29, 1.82) is 0 Å². The Hall–Kier alpha value is -1.27. The summed E-state index contributed by atoms with van der Waals surface area (Å²) in [7, 11) is 0. The number of aromatic nitrogens is 2. The molecular weight excluding hydrogens is 359 g/mol. The van der Waals surface area contributed by atoms with Gasteiger partial charge in [0.15, 0.2) is 0 Å². The summed E-state index contributed by atoms with van der Waals surface area (Å²) in [6.45, 7) is 1.54. The Kier molecular flexibility index (Phi) is 5.92. The van der Waals surface area contributed by atoms with Gasteiger partial charge in [-0.3, -0.25) is 9.48 Å². The summed E-state index contributed by atoms with van der Waals surface area (Å²) in [5.74, 6) is -0.0870. The molecule has 0 aliphatic carbocycles. The van der Waals surface area contributed by atoms with Crippen molar-refractivity contribution < 1.29 is 4.79 Å². The predicted octanol–water partition coefficient (Wildman–Crippen LogP) is 3.33. The minimum Gasteiger partial charge on any atom is -0.324 e. The molecule has 8 heteroatoms. The third-order valence-corrected chi connectivity index (χ3v) is 4.71. The van der Waals surface area contributed by atoms with Crippen LogP contribution in [0, 0.1) is 0 Å². The summed E-state index contributed by atoms with van der Waals surface area (Å²) in [5.41, 5.74) is -0.0506. The number of nitrogens with one attached hydrogen (secondary N) is 2. The van der Waals surface area contributed by atoms with Gasteiger partial charge in [0.25, 0.3) is 5.91 Å². The molecule has 3 rings (SSSR count). The van der Waals surface area contributed by atoms with Crippen molar-refractivity contribution in [3.63, 3.8) is 0 Å². The Balaban J connectivity index is 0.00000192. The van der Waals surface area contributed by atoms with E-state index >= 15 is 0 Å². The number of benzene rings is 1. The second-order valence-electron chi connectivity index (χ2n) is 5.32. The van der Waals surface area contributed by atoms with Gasteiger partial charge in [-0.05, 0) is 50.2 Å². The van der Waals surface area contributed by atoms with Crippen LogP contribution in [0.15, 0.2) is 36.7 Å². The fourth-order valence-corrected chi connectivity index (χ4v) is 3.04. The van der Waals surface area contributed by atoms with E-state index in [0.717, 1.165) is 13.1 Å². The number of hydrogen-bond acceptors (Lipinski definition) is 3. The molecule has 1 aromatic heterocycles. The lowest BCUT2D eigenvalue weighted by atomic mass is 9.87. The SMILES string of the molecule is Cl.O=C(Nc1ccc(Cl)c(Cl)c1)C1(n2cccn2)CCNCC1. The highest BCUT2D eigenvalue weighted by Gasteiger charge is 2.42. The molecule has 0 unspecified atom stereocenters. The van der Waals surface area contributed by atoms with Gasteiger partial charge in [-0.2, -0.15) is 5.10 Å². The van der Waals surface area contributed by atoms with Gasteiger partial charge in [0.1, 0.15) is 5.54 Å². The first-order valence-electron chi connectivity index (χ1n) is 7.09. The highest BCUT2D eigenvalue weighted by molar-refractivity contribution is 6.42. The molecule has 0 atom stereocenters. The van der Waals surface area contributed by atoms with E-state index in [0.29, 0.717) is 28.6 Å². The average molecular weight is 376 g/mol. The molecule has 1 aliphatic heterocycles. The average Bonchev–Trinajstić information content (AvgIpc) is 3.06. The molecule has 2 aromatic rings.